The first-order valence-electron chi connectivity index (χ1n) is 6.69. The van der Waals surface area contributed by atoms with E-state index in [4.69, 9.17) is 0 Å². The third-order valence-electron chi connectivity index (χ3n) is 3.61. The van der Waals surface area contributed by atoms with Crippen LogP contribution in [0.1, 0.15) is 37.3 Å². The SMILES string of the molecule is CCNC1CCC(SCc2ccccc2C)C1. The van der Waals surface area contributed by atoms with Gasteiger partial charge >= 0.3 is 0 Å². The maximum Gasteiger partial charge on any atom is 0.0189 e. The summed E-state index contributed by atoms with van der Waals surface area (Å²) in [7, 11) is 0. The Bertz CT molecular complexity index is 351. The van der Waals surface area contributed by atoms with Crippen LogP contribution in [0.4, 0.5) is 0 Å². The number of nitrogens with one attached hydrogen (secondary N) is 1. The third kappa shape index (κ3) is 3.75. The summed E-state index contributed by atoms with van der Waals surface area (Å²) in [5, 5.41) is 4.43. The van der Waals surface area contributed by atoms with Crippen LogP contribution in [0.15, 0.2) is 24.3 Å². The van der Waals surface area contributed by atoms with E-state index in [1.165, 1.54) is 36.1 Å². The van der Waals surface area contributed by atoms with Crippen LogP contribution in [0, 0.1) is 6.92 Å². The van der Waals surface area contributed by atoms with E-state index >= 15 is 0 Å². The summed E-state index contributed by atoms with van der Waals surface area (Å²) in [5.74, 6) is 1.18. The molecule has 0 bridgehead atoms. The van der Waals surface area contributed by atoms with Crippen LogP contribution in [0.3, 0.4) is 0 Å². The van der Waals surface area contributed by atoms with E-state index in [9.17, 15) is 0 Å². The quantitative estimate of drug-likeness (QED) is 0.853. The molecule has 1 saturated carbocycles. The Balaban J connectivity index is 1.78. The molecule has 0 radical (unpaired) electrons. The van der Waals surface area contributed by atoms with E-state index in [-0.39, 0.29) is 0 Å². The molecule has 2 rings (SSSR count). The number of aryl methyl sites for hydroxylation is 1. The Labute approximate surface area is 109 Å². The first-order valence-corrected chi connectivity index (χ1v) is 7.74. The molecule has 0 saturated heterocycles. The molecular weight excluding hydrogens is 226 g/mol. The van der Waals surface area contributed by atoms with E-state index in [1.54, 1.807) is 0 Å². The van der Waals surface area contributed by atoms with Crippen molar-refractivity contribution in [2.24, 2.45) is 0 Å². The standard InChI is InChI=1S/C15H23NS/c1-3-16-14-8-9-15(10-14)17-11-13-7-5-4-6-12(13)2/h4-7,14-16H,3,8-11H2,1-2H3. The summed E-state index contributed by atoms with van der Waals surface area (Å²) >= 11 is 2.14. The van der Waals surface area contributed by atoms with Crippen molar-refractivity contribution in [1.82, 2.24) is 5.32 Å². The molecule has 2 unspecified atom stereocenters. The van der Waals surface area contributed by atoms with E-state index < -0.39 is 0 Å². The molecule has 2 atom stereocenters. The molecule has 1 aliphatic rings. The van der Waals surface area contributed by atoms with Crippen molar-refractivity contribution in [3.8, 4) is 0 Å². The topological polar surface area (TPSA) is 12.0 Å². The zero-order chi connectivity index (χ0) is 12.1. The normalized spacial score (nSPS) is 24.1. The summed E-state index contributed by atoms with van der Waals surface area (Å²) in [6.45, 7) is 5.53. The average molecular weight is 249 g/mol. The third-order valence-corrected chi connectivity index (χ3v) is 4.99. The van der Waals surface area contributed by atoms with Gasteiger partial charge in [-0.25, -0.2) is 0 Å². The lowest BCUT2D eigenvalue weighted by Gasteiger charge is -2.12. The van der Waals surface area contributed by atoms with E-state index in [2.05, 4.69) is 55.2 Å². The van der Waals surface area contributed by atoms with Crippen molar-refractivity contribution >= 4 is 11.8 Å². The van der Waals surface area contributed by atoms with Crippen molar-refractivity contribution in [2.45, 2.75) is 50.2 Å². The van der Waals surface area contributed by atoms with Gasteiger partial charge in [0.2, 0.25) is 0 Å². The molecule has 2 heteroatoms. The number of thioether (sulfide) groups is 1. The molecule has 0 heterocycles. The van der Waals surface area contributed by atoms with Gasteiger partial charge in [-0.2, -0.15) is 11.8 Å². The van der Waals surface area contributed by atoms with Crippen molar-refractivity contribution in [3.63, 3.8) is 0 Å². The molecule has 1 aromatic carbocycles. The van der Waals surface area contributed by atoms with Gasteiger partial charge < -0.3 is 5.32 Å². The second-order valence-corrected chi connectivity index (χ2v) is 6.22. The molecule has 1 N–H and O–H groups in total. The number of rotatable bonds is 5. The smallest absolute Gasteiger partial charge is 0.0189 e. The summed E-state index contributed by atoms with van der Waals surface area (Å²) in [6, 6.07) is 9.53. The molecule has 0 spiro atoms. The maximum absolute atomic E-state index is 3.57. The van der Waals surface area contributed by atoms with Gasteiger partial charge in [0.25, 0.3) is 0 Å². The minimum atomic E-state index is 0.773. The molecule has 1 aromatic rings. The van der Waals surface area contributed by atoms with Crippen molar-refractivity contribution in [1.29, 1.82) is 0 Å². The molecule has 1 fully saturated rings. The monoisotopic (exact) mass is 249 g/mol. The van der Waals surface area contributed by atoms with E-state index in [0.29, 0.717) is 0 Å². The van der Waals surface area contributed by atoms with Gasteiger partial charge in [0.15, 0.2) is 0 Å². The van der Waals surface area contributed by atoms with Crippen LogP contribution in [-0.2, 0) is 5.75 Å². The molecule has 0 aromatic heterocycles. The first-order chi connectivity index (χ1) is 8.29. The van der Waals surface area contributed by atoms with E-state index in [0.717, 1.165) is 17.8 Å². The lowest BCUT2D eigenvalue weighted by atomic mass is 10.1. The van der Waals surface area contributed by atoms with Crippen LogP contribution in [-0.4, -0.2) is 17.8 Å². The van der Waals surface area contributed by atoms with Crippen LogP contribution in [0.5, 0.6) is 0 Å². The zero-order valence-electron chi connectivity index (χ0n) is 10.9. The molecule has 0 aliphatic heterocycles. The Morgan fingerprint density at radius 3 is 2.88 bits per heavy atom. The lowest BCUT2D eigenvalue weighted by Crippen LogP contribution is -2.26. The molecule has 17 heavy (non-hydrogen) atoms. The number of hydrogen-bond donors (Lipinski definition) is 1. The minimum absolute atomic E-state index is 0.773. The Kier molecular flexibility index (Phi) is 4.93. The second-order valence-electron chi connectivity index (χ2n) is 4.93. The van der Waals surface area contributed by atoms with Gasteiger partial charge in [-0.1, -0.05) is 31.2 Å². The fourth-order valence-corrected chi connectivity index (χ4v) is 3.96. The lowest BCUT2D eigenvalue weighted by molar-refractivity contribution is 0.543. The van der Waals surface area contributed by atoms with E-state index in [1.807, 2.05) is 0 Å². The van der Waals surface area contributed by atoms with Gasteiger partial charge in [-0.05, 0) is 43.9 Å². The molecule has 94 valence electrons. The molecule has 1 aliphatic carbocycles. The maximum atomic E-state index is 3.57. The van der Waals surface area contributed by atoms with Crippen molar-refractivity contribution in [2.75, 3.05) is 6.54 Å². The highest BCUT2D eigenvalue weighted by Crippen LogP contribution is 2.32. The van der Waals surface area contributed by atoms with Crippen LogP contribution in [0.25, 0.3) is 0 Å². The number of benzene rings is 1. The fraction of sp³-hybridized carbons (Fsp3) is 0.600. The molecule has 1 nitrogen and oxygen atoms in total. The first kappa shape index (κ1) is 13.0. The molecular formula is C15H23NS. The summed E-state index contributed by atoms with van der Waals surface area (Å²) < 4.78 is 0. The summed E-state index contributed by atoms with van der Waals surface area (Å²) in [6.07, 6.45) is 4.10. The van der Waals surface area contributed by atoms with Crippen molar-refractivity contribution in [3.05, 3.63) is 35.4 Å². The minimum Gasteiger partial charge on any atom is -0.314 e. The molecule has 0 amide bonds. The highest BCUT2D eigenvalue weighted by molar-refractivity contribution is 7.99. The average Bonchev–Trinajstić information content (AvgIpc) is 2.76. The van der Waals surface area contributed by atoms with Gasteiger partial charge in [0.1, 0.15) is 0 Å². The summed E-state index contributed by atoms with van der Waals surface area (Å²) in [5.41, 5.74) is 2.94. The highest BCUT2D eigenvalue weighted by Gasteiger charge is 2.23. The Morgan fingerprint density at radius 1 is 1.29 bits per heavy atom. The zero-order valence-corrected chi connectivity index (χ0v) is 11.7. The summed E-state index contributed by atoms with van der Waals surface area (Å²) in [4.78, 5) is 0. The Hall–Kier alpha value is -0.470. The largest absolute Gasteiger partial charge is 0.314 e. The van der Waals surface area contributed by atoms with Gasteiger partial charge in [0.05, 0.1) is 0 Å². The van der Waals surface area contributed by atoms with Crippen molar-refractivity contribution < 1.29 is 0 Å². The predicted molar refractivity (Wildman–Crippen MR) is 77.6 cm³/mol. The van der Waals surface area contributed by atoms with Crippen LogP contribution in [0.2, 0.25) is 0 Å². The van der Waals surface area contributed by atoms with Gasteiger partial charge in [0, 0.05) is 17.0 Å². The van der Waals surface area contributed by atoms with Gasteiger partial charge in [-0.3, -0.25) is 0 Å². The van der Waals surface area contributed by atoms with Crippen LogP contribution >= 0.6 is 11.8 Å². The fourth-order valence-electron chi connectivity index (χ4n) is 2.55. The predicted octanol–water partition coefficient (Wildman–Crippen LogP) is 3.76. The van der Waals surface area contributed by atoms with Crippen LogP contribution < -0.4 is 5.32 Å². The second kappa shape index (κ2) is 6.46. The Morgan fingerprint density at radius 2 is 2.12 bits per heavy atom. The van der Waals surface area contributed by atoms with Gasteiger partial charge in [-0.15, -0.1) is 0 Å². The number of hydrogen-bond acceptors (Lipinski definition) is 2. The highest BCUT2D eigenvalue weighted by atomic mass is 32.2.